The predicted octanol–water partition coefficient (Wildman–Crippen LogP) is 5.41. The monoisotopic (exact) mass is 470 g/mol. The molecule has 0 aromatic heterocycles. The molecule has 0 aliphatic carbocycles. The second-order valence-electron chi connectivity index (χ2n) is 10.5. The molecule has 2 aliphatic heterocycles. The highest BCUT2D eigenvalue weighted by Crippen LogP contribution is 2.58. The van der Waals surface area contributed by atoms with E-state index in [1.165, 1.54) is 4.67 Å². The minimum Gasteiger partial charge on any atom is -0.291 e. The standard InChI is InChI=1S/C22H35N2O5PS/c1-17-7-10-19(11-8-17)31(26,27)23-20-12-9-18(21(2,3)4)13-14-24(20)30(25)28-15-22(5,6)16-29-30/h7-8,10-11,18H,9,12-16H2,1-6H3/b23-20+. The summed E-state index contributed by atoms with van der Waals surface area (Å²) in [5.74, 6) is 0.591. The summed E-state index contributed by atoms with van der Waals surface area (Å²) in [5, 5.41) is 0. The van der Waals surface area contributed by atoms with Crippen molar-refractivity contribution in [1.82, 2.24) is 4.67 Å². The number of aryl methyl sites for hydroxylation is 1. The van der Waals surface area contributed by atoms with Crippen molar-refractivity contribution in [2.24, 2.45) is 21.1 Å². The Morgan fingerprint density at radius 3 is 2.23 bits per heavy atom. The van der Waals surface area contributed by atoms with E-state index in [1.54, 1.807) is 24.3 Å². The van der Waals surface area contributed by atoms with Crippen LogP contribution in [0.5, 0.6) is 0 Å². The summed E-state index contributed by atoms with van der Waals surface area (Å²) in [5.41, 5.74) is 0.757. The molecule has 0 saturated carbocycles. The van der Waals surface area contributed by atoms with E-state index in [-0.39, 0.29) is 34.8 Å². The smallest absolute Gasteiger partial charge is 0.291 e. The maximum atomic E-state index is 13.7. The number of nitrogens with zero attached hydrogens (tertiary/aromatic N) is 2. The molecule has 1 aromatic rings. The van der Waals surface area contributed by atoms with Crippen LogP contribution in [0.4, 0.5) is 0 Å². The lowest BCUT2D eigenvalue weighted by molar-refractivity contribution is 0.0274. The molecule has 1 atom stereocenters. The Bertz CT molecular complexity index is 966. The number of hydrogen-bond donors (Lipinski definition) is 0. The van der Waals surface area contributed by atoms with Crippen LogP contribution in [0, 0.1) is 23.7 Å². The Morgan fingerprint density at radius 1 is 1.10 bits per heavy atom. The van der Waals surface area contributed by atoms with E-state index >= 15 is 0 Å². The largest absolute Gasteiger partial charge is 0.436 e. The van der Waals surface area contributed by atoms with Gasteiger partial charge >= 0.3 is 7.75 Å². The first-order chi connectivity index (χ1) is 14.2. The molecule has 0 radical (unpaired) electrons. The minimum atomic E-state index is -3.95. The third kappa shape index (κ3) is 5.78. The third-order valence-corrected chi connectivity index (χ3v) is 9.26. The molecule has 2 heterocycles. The molecule has 9 heteroatoms. The first-order valence-corrected chi connectivity index (χ1v) is 13.7. The predicted molar refractivity (Wildman–Crippen MR) is 123 cm³/mol. The molecule has 31 heavy (non-hydrogen) atoms. The van der Waals surface area contributed by atoms with Gasteiger partial charge in [0.25, 0.3) is 10.0 Å². The summed E-state index contributed by atoms with van der Waals surface area (Å²) in [7, 11) is -7.63. The van der Waals surface area contributed by atoms with Crippen molar-refractivity contribution in [2.45, 2.75) is 65.7 Å². The molecular weight excluding hydrogens is 435 g/mol. The maximum absolute atomic E-state index is 13.7. The lowest BCUT2D eigenvalue weighted by Gasteiger charge is -2.39. The molecule has 0 spiro atoms. The van der Waals surface area contributed by atoms with E-state index in [2.05, 4.69) is 25.2 Å². The first kappa shape index (κ1) is 24.4. The Balaban J connectivity index is 1.99. The van der Waals surface area contributed by atoms with Crippen LogP contribution >= 0.6 is 7.75 Å². The van der Waals surface area contributed by atoms with Gasteiger partial charge in [-0.2, -0.15) is 8.42 Å². The zero-order chi connectivity index (χ0) is 23.1. The first-order valence-electron chi connectivity index (χ1n) is 10.8. The fourth-order valence-corrected chi connectivity index (χ4v) is 7.12. The highest BCUT2D eigenvalue weighted by Gasteiger charge is 2.45. The lowest BCUT2D eigenvalue weighted by atomic mass is 9.77. The number of amidine groups is 1. The van der Waals surface area contributed by atoms with Gasteiger partial charge in [0.05, 0.1) is 18.1 Å². The van der Waals surface area contributed by atoms with Crippen molar-refractivity contribution in [1.29, 1.82) is 0 Å². The van der Waals surface area contributed by atoms with E-state index in [9.17, 15) is 13.0 Å². The van der Waals surface area contributed by atoms with Crippen molar-refractivity contribution in [3.8, 4) is 0 Å². The van der Waals surface area contributed by atoms with E-state index in [1.807, 2.05) is 20.8 Å². The van der Waals surface area contributed by atoms with Crippen LogP contribution in [-0.4, -0.2) is 38.7 Å². The quantitative estimate of drug-likeness (QED) is 0.549. The van der Waals surface area contributed by atoms with Crippen molar-refractivity contribution in [3.63, 3.8) is 0 Å². The summed E-state index contributed by atoms with van der Waals surface area (Å²) in [6.07, 6.45) is 1.91. The lowest BCUT2D eigenvalue weighted by Crippen LogP contribution is -2.37. The van der Waals surface area contributed by atoms with Gasteiger partial charge < -0.3 is 0 Å². The zero-order valence-corrected chi connectivity index (χ0v) is 21.1. The summed E-state index contributed by atoms with van der Waals surface area (Å²) in [4.78, 5) is 0.118. The van der Waals surface area contributed by atoms with Gasteiger partial charge in [-0.3, -0.25) is 13.7 Å². The van der Waals surface area contributed by atoms with Crippen LogP contribution in [0.25, 0.3) is 0 Å². The molecule has 2 aliphatic rings. The molecular formula is C22H35N2O5PS. The Labute approximate surface area is 186 Å². The molecule has 0 bridgehead atoms. The number of rotatable bonds is 3. The number of hydrogen-bond acceptors (Lipinski definition) is 5. The highest BCUT2D eigenvalue weighted by atomic mass is 32.2. The number of benzene rings is 1. The molecule has 7 nitrogen and oxygen atoms in total. The zero-order valence-electron chi connectivity index (χ0n) is 19.4. The molecule has 1 aromatic carbocycles. The van der Waals surface area contributed by atoms with Crippen molar-refractivity contribution in [2.75, 3.05) is 19.8 Å². The molecule has 2 fully saturated rings. The van der Waals surface area contributed by atoms with Gasteiger partial charge in [0.1, 0.15) is 5.84 Å². The average molecular weight is 471 g/mol. The van der Waals surface area contributed by atoms with Crippen LogP contribution in [-0.2, 0) is 23.6 Å². The summed E-state index contributed by atoms with van der Waals surface area (Å²) in [6, 6.07) is 6.58. The second-order valence-corrected chi connectivity index (χ2v) is 14.0. The Kier molecular flexibility index (Phi) is 6.79. The molecule has 0 amide bonds. The summed E-state index contributed by atoms with van der Waals surface area (Å²) < 4.78 is 56.9. The fourth-order valence-electron chi connectivity index (χ4n) is 3.84. The topological polar surface area (TPSA) is 85.3 Å². The van der Waals surface area contributed by atoms with E-state index in [4.69, 9.17) is 9.05 Å². The molecule has 1 unspecified atom stereocenters. The van der Waals surface area contributed by atoms with Crippen molar-refractivity contribution >= 4 is 23.6 Å². The van der Waals surface area contributed by atoms with Crippen molar-refractivity contribution in [3.05, 3.63) is 29.8 Å². The average Bonchev–Trinajstić information content (AvgIpc) is 2.87. The Morgan fingerprint density at radius 2 is 1.68 bits per heavy atom. The van der Waals surface area contributed by atoms with Gasteiger partial charge in [-0.05, 0) is 43.2 Å². The number of sulfonamides is 1. The van der Waals surface area contributed by atoms with Gasteiger partial charge in [-0.25, -0.2) is 4.57 Å². The van der Waals surface area contributed by atoms with Gasteiger partial charge in [-0.15, -0.1) is 4.40 Å². The molecule has 0 N–H and O–H groups in total. The molecule has 2 saturated heterocycles. The van der Waals surface area contributed by atoms with Gasteiger partial charge in [-0.1, -0.05) is 52.3 Å². The summed E-state index contributed by atoms with van der Waals surface area (Å²) >= 11 is 0. The van der Waals surface area contributed by atoms with E-state index < -0.39 is 17.8 Å². The van der Waals surface area contributed by atoms with Crippen LogP contribution in [0.15, 0.2) is 33.6 Å². The van der Waals surface area contributed by atoms with Crippen LogP contribution in [0.3, 0.4) is 0 Å². The van der Waals surface area contributed by atoms with Gasteiger partial charge in [0.2, 0.25) is 0 Å². The van der Waals surface area contributed by atoms with E-state index in [0.717, 1.165) is 18.4 Å². The van der Waals surface area contributed by atoms with Gasteiger partial charge in [0, 0.05) is 18.4 Å². The SMILES string of the molecule is Cc1ccc(S(=O)(=O)/N=C2\CCC(C(C)(C)C)CCN2P2(=O)OCC(C)(C)CO2)cc1. The van der Waals surface area contributed by atoms with Crippen molar-refractivity contribution < 1.29 is 22.0 Å². The Hall–Kier alpha value is -1.21. The maximum Gasteiger partial charge on any atom is 0.436 e. The van der Waals surface area contributed by atoms with Crippen LogP contribution < -0.4 is 0 Å². The highest BCUT2D eigenvalue weighted by molar-refractivity contribution is 7.90. The molecule has 3 rings (SSSR count). The van der Waals surface area contributed by atoms with Gasteiger partial charge in [0.15, 0.2) is 0 Å². The van der Waals surface area contributed by atoms with Crippen LogP contribution in [0.1, 0.15) is 59.4 Å². The normalized spacial score (nSPS) is 25.9. The summed E-state index contributed by atoms with van der Waals surface area (Å²) in [6.45, 7) is 13.3. The third-order valence-electron chi connectivity index (χ3n) is 6.01. The minimum absolute atomic E-state index is 0.0434. The van der Waals surface area contributed by atoms with E-state index in [0.29, 0.717) is 18.9 Å². The molecule has 174 valence electrons. The fraction of sp³-hybridized carbons (Fsp3) is 0.682. The second kappa shape index (κ2) is 8.62. The van der Waals surface area contributed by atoms with Crippen LogP contribution in [0.2, 0.25) is 0 Å².